The molecule has 1 aliphatic rings. The van der Waals surface area contributed by atoms with E-state index in [4.69, 9.17) is 4.74 Å². The maximum Gasteiger partial charge on any atom is 0.330 e. The minimum Gasteiger partial charge on any atom is -0.394 e. The van der Waals surface area contributed by atoms with Crippen molar-refractivity contribution in [3.05, 3.63) is 32.9 Å². The van der Waals surface area contributed by atoms with Crippen LogP contribution >= 0.6 is 0 Å². The predicted molar refractivity (Wildman–Crippen MR) is 71.9 cm³/mol. The van der Waals surface area contributed by atoms with Crippen LogP contribution in [0.5, 0.6) is 0 Å². The van der Waals surface area contributed by atoms with E-state index in [1.54, 1.807) is 4.98 Å². The van der Waals surface area contributed by atoms with E-state index in [9.17, 15) is 34.1 Å². The maximum atomic E-state index is 13.4. The number of carbonyl (C=O) groups excluding carboxylic acids is 1. The van der Waals surface area contributed by atoms with Crippen molar-refractivity contribution in [2.24, 2.45) is 0 Å². The predicted octanol–water partition coefficient (Wildman–Crippen LogP) is -3.21. The van der Waals surface area contributed by atoms with Gasteiger partial charge in [0.15, 0.2) is 6.23 Å². The molecule has 2 heterocycles. The SMILES string of the molecule is CC(=O)N[C@@H]1[C@@H](O)[C@@H](O)[C@@H](CO)O[C@H]1n1cc(F)c(=O)[nH]c1=O. The third-order valence-electron chi connectivity index (χ3n) is 3.47. The third kappa shape index (κ3) is 3.32. The lowest BCUT2D eigenvalue weighted by Crippen LogP contribution is -2.63. The summed E-state index contributed by atoms with van der Waals surface area (Å²) in [6, 6.07) is -1.31. The molecule has 1 aliphatic heterocycles. The highest BCUT2D eigenvalue weighted by Gasteiger charge is 2.45. The molecule has 11 heteroatoms. The number of nitrogens with one attached hydrogen (secondary N) is 2. The molecule has 0 bridgehead atoms. The van der Waals surface area contributed by atoms with Crippen LogP contribution < -0.4 is 16.6 Å². The zero-order valence-corrected chi connectivity index (χ0v) is 12.0. The lowest BCUT2D eigenvalue weighted by molar-refractivity contribution is -0.217. The lowest BCUT2D eigenvalue weighted by Gasteiger charge is -2.42. The Bertz CT molecular complexity index is 703. The highest BCUT2D eigenvalue weighted by Crippen LogP contribution is 2.27. The van der Waals surface area contributed by atoms with Crippen LogP contribution in [0, 0.1) is 5.82 Å². The van der Waals surface area contributed by atoms with Gasteiger partial charge in [0.25, 0.3) is 5.56 Å². The van der Waals surface area contributed by atoms with Gasteiger partial charge in [0.2, 0.25) is 11.7 Å². The minimum atomic E-state index is -1.60. The Hall–Kier alpha value is -2.08. The molecule has 0 aromatic carbocycles. The average molecular weight is 333 g/mol. The fraction of sp³-hybridized carbons (Fsp3) is 0.583. The number of aromatic amines is 1. The molecule has 1 fully saturated rings. The summed E-state index contributed by atoms with van der Waals surface area (Å²) in [5, 5.41) is 31.4. The van der Waals surface area contributed by atoms with Crippen LogP contribution in [0.1, 0.15) is 13.2 Å². The first kappa shape index (κ1) is 17.3. The van der Waals surface area contributed by atoms with Crippen molar-refractivity contribution in [1.82, 2.24) is 14.9 Å². The second-order valence-corrected chi connectivity index (χ2v) is 5.10. The molecule has 0 aliphatic carbocycles. The van der Waals surface area contributed by atoms with Gasteiger partial charge in [0, 0.05) is 6.92 Å². The Labute approximate surface area is 128 Å². The number of ether oxygens (including phenoxy) is 1. The summed E-state index contributed by atoms with van der Waals surface area (Å²) in [4.78, 5) is 35.9. The van der Waals surface area contributed by atoms with Gasteiger partial charge in [-0.1, -0.05) is 0 Å². The molecule has 0 radical (unpaired) electrons. The molecule has 128 valence electrons. The normalized spacial score (nSPS) is 30.9. The zero-order chi connectivity index (χ0) is 17.3. The number of hydrogen-bond acceptors (Lipinski definition) is 7. The summed E-state index contributed by atoms with van der Waals surface area (Å²) in [5.41, 5.74) is -2.28. The quantitative estimate of drug-likeness (QED) is 0.390. The van der Waals surface area contributed by atoms with Crippen LogP contribution in [-0.2, 0) is 9.53 Å². The molecule has 0 saturated carbocycles. The smallest absolute Gasteiger partial charge is 0.330 e. The third-order valence-corrected chi connectivity index (χ3v) is 3.47. The van der Waals surface area contributed by atoms with E-state index in [1.165, 1.54) is 0 Å². The van der Waals surface area contributed by atoms with Gasteiger partial charge in [-0.05, 0) is 0 Å². The van der Waals surface area contributed by atoms with Gasteiger partial charge in [-0.2, -0.15) is 4.39 Å². The summed E-state index contributed by atoms with van der Waals surface area (Å²) in [5.74, 6) is -1.88. The molecule has 2 rings (SSSR count). The van der Waals surface area contributed by atoms with Crippen LogP contribution in [0.2, 0.25) is 0 Å². The number of nitrogens with zero attached hydrogens (tertiary/aromatic N) is 1. The van der Waals surface area contributed by atoms with E-state index in [-0.39, 0.29) is 0 Å². The molecular weight excluding hydrogens is 317 g/mol. The van der Waals surface area contributed by atoms with Crippen LogP contribution in [0.25, 0.3) is 0 Å². The average Bonchev–Trinajstić information content (AvgIpc) is 2.48. The summed E-state index contributed by atoms with van der Waals surface area (Å²) in [6.45, 7) is 0.437. The summed E-state index contributed by atoms with van der Waals surface area (Å²) in [6.07, 6.45) is -5.32. The molecule has 1 aromatic heterocycles. The molecule has 1 amide bonds. The first-order valence-electron chi connectivity index (χ1n) is 6.66. The Morgan fingerprint density at radius 3 is 2.65 bits per heavy atom. The van der Waals surface area contributed by atoms with E-state index in [0.29, 0.717) is 10.8 Å². The summed E-state index contributed by atoms with van der Waals surface area (Å²) in [7, 11) is 0. The molecule has 10 nitrogen and oxygen atoms in total. The highest BCUT2D eigenvalue weighted by molar-refractivity contribution is 5.73. The largest absolute Gasteiger partial charge is 0.394 e. The Morgan fingerprint density at radius 1 is 1.43 bits per heavy atom. The van der Waals surface area contributed by atoms with E-state index in [2.05, 4.69) is 5.32 Å². The molecule has 0 unspecified atom stereocenters. The summed E-state index contributed by atoms with van der Waals surface area (Å²) < 4.78 is 19.4. The molecule has 1 aromatic rings. The molecule has 5 N–H and O–H groups in total. The van der Waals surface area contributed by atoms with Crippen molar-refractivity contribution in [2.45, 2.75) is 37.5 Å². The van der Waals surface area contributed by atoms with Crippen LogP contribution in [0.15, 0.2) is 15.8 Å². The van der Waals surface area contributed by atoms with Crippen molar-refractivity contribution >= 4 is 5.91 Å². The molecular formula is C12H16FN3O7. The standard InChI is InChI=1S/C12H16FN3O7/c1-4(18)14-7-9(20)8(19)6(3-17)23-11(7)16-2-5(13)10(21)15-12(16)22/h2,6-9,11,17,19-20H,3H2,1H3,(H,14,18)(H,15,21,22)/t6-,7-,8+,9-,11-/m1/s1. The zero-order valence-electron chi connectivity index (χ0n) is 12.0. The fourth-order valence-corrected chi connectivity index (χ4v) is 2.38. The number of H-pyrrole nitrogens is 1. The van der Waals surface area contributed by atoms with Gasteiger partial charge in [-0.25, -0.2) is 4.79 Å². The molecule has 23 heavy (non-hydrogen) atoms. The van der Waals surface area contributed by atoms with Crippen LogP contribution in [0.3, 0.4) is 0 Å². The second kappa shape index (κ2) is 6.58. The topological polar surface area (TPSA) is 154 Å². The van der Waals surface area contributed by atoms with Crippen molar-refractivity contribution in [3.63, 3.8) is 0 Å². The van der Waals surface area contributed by atoms with Gasteiger partial charge >= 0.3 is 5.69 Å². The summed E-state index contributed by atoms with van der Waals surface area (Å²) >= 11 is 0. The van der Waals surface area contributed by atoms with Crippen molar-refractivity contribution in [1.29, 1.82) is 0 Å². The van der Waals surface area contributed by atoms with Gasteiger partial charge in [-0.3, -0.25) is 19.1 Å². The number of aliphatic hydroxyl groups is 3. The fourth-order valence-electron chi connectivity index (χ4n) is 2.38. The Balaban J connectivity index is 2.50. The van der Waals surface area contributed by atoms with Crippen molar-refractivity contribution in [3.8, 4) is 0 Å². The molecule has 5 atom stereocenters. The molecule has 0 spiro atoms. The number of aromatic nitrogens is 2. The maximum absolute atomic E-state index is 13.4. The number of carbonyl (C=O) groups is 1. The van der Waals surface area contributed by atoms with Gasteiger partial charge in [0.05, 0.1) is 12.8 Å². The first-order valence-corrected chi connectivity index (χ1v) is 6.66. The first-order chi connectivity index (χ1) is 10.8. The van der Waals surface area contributed by atoms with E-state index in [1.807, 2.05) is 0 Å². The van der Waals surface area contributed by atoms with Crippen molar-refractivity contribution < 1.29 is 29.2 Å². The van der Waals surface area contributed by atoms with Gasteiger partial charge in [0.1, 0.15) is 24.4 Å². The number of hydrogen-bond donors (Lipinski definition) is 5. The minimum absolute atomic E-state index is 0.555. The molecule has 1 saturated heterocycles. The number of amides is 1. The highest BCUT2D eigenvalue weighted by atomic mass is 19.1. The lowest BCUT2D eigenvalue weighted by atomic mass is 9.96. The number of aliphatic hydroxyl groups excluding tert-OH is 3. The number of rotatable bonds is 3. The van der Waals surface area contributed by atoms with Crippen LogP contribution in [0.4, 0.5) is 4.39 Å². The monoisotopic (exact) mass is 333 g/mol. The van der Waals surface area contributed by atoms with Crippen LogP contribution in [-0.4, -0.2) is 61.7 Å². The van der Waals surface area contributed by atoms with E-state index < -0.39 is 60.2 Å². The second-order valence-electron chi connectivity index (χ2n) is 5.10. The van der Waals surface area contributed by atoms with Crippen molar-refractivity contribution in [2.75, 3.05) is 6.61 Å². The van der Waals surface area contributed by atoms with E-state index in [0.717, 1.165) is 6.92 Å². The Kier molecular flexibility index (Phi) is 4.94. The Morgan fingerprint density at radius 2 is 2.09 bits per heavy atom. The number of halogens is 1. The van der Waals surface area contributed by atoms with E-state index >= 15 is 0 Å². The van der Waals surface area contributed by atoms with Gasteiger partial charge < -0.3 is 25.4 Å². The van der Waals surface area contributed by atoms with Gasteiger partial charge in [-0.15, -0.1) is 0 Å².